The number of nitrogens with zero attached hydrogens (tertiary/aromatic N) is 1. The minimum Gasteiger partial charge on any atom is -0.493 e. The Balaban J connectivity index is 1.59. The molecule has 3 aromatic rings. The number of nitrogen functional groups attached to an aromatic ring is 1. The van der Waals surface area contributed by atoms with E-state index < -0.39 is 0 Å². The van der Waals surface area contributed by atoms with Crippen molar-refractivity contribution in [2.45, 2.75) is 6.42 Å². The molecule has 0 aliphatic carbocycles. The van der Waals surface area contributed by atoms with E-state index in [0.29, 0.717) is 18.0 Å². The summed E-state index contributed by atoms with van der Waals surface area (Å²) in [7, 11) is 0. The van der Waals surface area contributed by atoms with Crippen molar-refractivity contribution in [2.24, 2.45) is 0 Å². The summed E-state index contributed by atoms with van der Waals surface area (Å²) < 4.78 is 10.6. The third kappa shape index (κ3) is 3.23. The lowest BCUT2D eigenvalue weighted by Crippen LogP contribution is -2.01. The zero-order valence-corrected chi connectivity index (χ0v) is 11.5. The second-order valence-corrected chi connectivity index (χ2v) is 4.73. The molecule has 1 aromatic heterocycles. The van der Waals surface area contributed by atoms with E-state index in [1.54, 1.807) is 0 Å². The lowest BCUT2D eigenvalue weighted by atomic mass is 10.1. The van der Waals surface area contributed by atoms with E-state index in [-0.39, 0.29) is 0 Å². The highest BCUT2D eigenvalue weighted by atomic mass is 16.5. The fourth-order valence-corrected chi connectivity index (χ4v) is 2.10. The van der Waals surface area contributed by atoms with Crippen molar-refractivity contribution < 1.29 is 9.26 Å². The first-order valence-electron chi connectivity index (χ1n) is 6.80. The Bertz CT molecular complexity index is 690. The number of anilines is 1. The molecule has 3 rings (SSSR count). The molecule has 2 N–H and O–H groups in total. The molecule has 1 heterocycles. The number of nitrogens with two attached hydrogens (primary N) is 1. The van der Waals surface area contributed by atoms with Gasteiger partial charge in [-0.2, -0.15) is 0 Å². The van der Waals surface area contributed by atoms with Gasteiger partial charge in [-0.1, -0.05) is 35.5 Å². The Hall–Kier alpha value is -2.75. The predicted octanol–water partition coefficient (Wildman–Crippen LogP) is 3.55. The van der Waals surface area contributed by atoms with Crippen molar-refractivity contribution in [2.75, 3.05) is 12.3 Å². The van der Waals surface area contributed by atoms with Crippen LogP contribution in [-0.4, -0.2) is 11.8 Å². The highest BCUT2D eigenvalue weighted by Gasteiger charge is 2.07. The second-order valence-electron chi connectivity index (χ2n) is 4.73. The quantitative estimate of drug-likeness (QED) is 0.776. The largest absolute Gasteiger partial charge is 0.493 e. The van der Waals surface area contributed by atoms with Gasteiger partial charge in [0.25, 0.3) is 0 Å². The van der Waals surface area contributed by atoms with Crippen LogP contribution >= 0.6 is 0 Å². The molecule has 0 atom stereocenters. The maximum Gasteiger partial charge on any atom is 0.147 e. The van der Waals surface area contributed by atoms with Gasteiger partial charge in [0.2, 0.25) is 0 Å². The third-order valence-corrected chi connectivity index (χ3v) is 3.23. The minimum absolute atomic E-state index is 0.535. The van der Waals surface area contributed by atoms with Gasteiger partial charge < -0.3 is 15.0 Å². The van der Waals surface area contributed by atoms with Crippen LogP contribution in [0, 0.1) is 0 Å². The average molecular weight is 280 g/mol. The second kappa shape index (κ2) is 6.13. The van der Waals surface area contributed by atoms with Gasteiger partial charge in [-0.15, -0.1) is 0 Å². The zero-order valence-electron chi connectivity index (χ0n) is 11.5. The molecule has 2 aromatic carbocycles. The van der Waals surface area contributed by atoms with E-state index in [9.17, 15) is 0 Å². The average Bonchev–Trinajstić information content (AvgIpc) is 2.95. The third-order valence-electron chi connectivity index (χ3n) is 3.23. The molecule has 4 nitrogen and oxygen atoms in total. The molecule has 0 radical (unpaired) electrons. The van der Waals surface area contributed by atoms with Crippen LogP contribution in [-0.2, 0) is 6.42 Å². The number of benzene rings is 2. The summed E-state index contributed by atoms with van der Waals surface area (Å²) in [4.78, 5) is 0. The number of hydrogen-bond donors (Lipinski definition) is 1. The van der Waals surface area contributed by atoms with Crippen LogP contribution in [0.15, 0.2) is 65.4 Å². The summed E-state index contributed by atoms with van der Waals surface area (Å²) in [5.41, 5.74) is 9.14. The molecule has 0 fully saturated rings. The van der Waals surface area contributed by atoms with Crippen LogP contribution in [0.5, 0.6) is 5.75 Å². The highest BCUT2D eigenvalue weighted by molar-refractivity contribution is 5.71. The molecular formula is C17H16N2O2. The van der Waals surface area contributed by atoms with Gasteiger partial charge in [0.1, 0.15) is 23.4 Å². The Morgan fingerprint density at radius 2 is 1.76 bits per heavy atom. The smallest absolute Gasteiger partial charge is 0.147 e. The van der Waals surface area contributed by atoms with Gasteiger partial charge in [-0.05, 0) is 29.8 Å². The summed E-state index contributed by atoms with van der Waals surface area (Å²) in [6.07, 6.45) is 2.32. The van der Waals surface area contributed by atoms with Gasteiger partial charge in [0.05, 0.1) is 6.61 Å². The minimum atomic E-state index is 0.535. The molecule has 0 unspecified atom stereocenters. The summed E-state index contributed by atoms with van der Waals surface area (Å²) in [6.45, 7) is 0.648. The van der Waals surface area contributed by atoms with Crippen LogP contribution in [0.1, 0.15) is 5.56 Å². The van der Waals surface area contributed by atoms with E-state index in [1.165, 1.54) is 11.8 Å². The molecule has 0 bridgehead atoms. The van der Waals surface area contributed by atoms with Gasteiger partial charge in [-0.25, -0.2) is 0 Å². The first kappa shape index (κ1) is 13.2. The number of aromatic nitrogens is 1. The zero-order chi connectivity index (χ0) is 14.5. The van der Waals surface area contributed by atoms with Crippen LogP contribution < -0.4 is 10.5 Å². The van der Waals surface area contributed by atoms with E-state index in [0.717, 1.165) is 17.7 Å². The van der Waals surface area contributed by atoms with Crippen LogP contribution in [0.3, 0.4) is 0 Å². The van der Waals surface area contributed by atoms with Crippen molar-refractivity contribution in [1.82, 2.24) is 5.16 Å². The fourth-order valence-electron chi connectivity index (χ4n) is 2.10. The Labute approximate surface area is 123 Å². The Morgan fingerprint density at radius 1 is 1.00 bits per heavy atom. The Kier molecular flexibility index (Phi) is 3.87. The molecule has 4 heteroatoms. The summed E-state index contributed by atoms with van der Waals surface area (Å²) in [5.74, 6) is 0.830. The molecule has 21 heavy (non-hydrogen) atoms. The molecule has 0 aliphatic rings. The maximum atomic E-state index is 5.77. The Morgan fingerprint density at radius 3 is 2.43 bits per heavy atom. The summed E-state index contributed by atoms with van der Waals surface area (Å²) in [6, 6.07) is 17.9. The maximum absolute atomic E-state index is 5.77. The van der Waals surface area contributed by atoms with Crippen molar-refractivity contribution in [1.29, 1.82) is 0 Å². The fraction of sp³-hybridized carbons (Fsp3) is 0.118. The topological polar surface area (TPSA) is 61.3 Å². The van der Waals surface area contributed by atoms with Crippen molar-refractivity contribution in [3.05, 3.63) is 66.4 Å². The molecule has 0 saturated carbocycles. The van der Waals surface area contributed by atoms with Crippen LogP contribution in [0.4, 0.5) is 5.69 Å². The van der Waals surface area contributed by atoms with Gasteiger partial charge in [0, 0.05) is 12.0 Å². The van der Waals surface area contributed by atoms with E-state index >= 15 is 0 Å². The number of ether oxygens (including phenoxy) is 1. The lowest BCUT2D eigenvalue weighted by Gasteiger charge is -2.07. The number of rotatable bonds is 5. The van der Waals surface area contributed by atoms with Gasteiger partial charge in [-0.3, -0.25) is 0 Å². The van der Waals surface area contributed by atoms with Gasteiger partial charge >= 0.3 is 0 Å². The summed E-state index contributed by atoms with van der Waals surface area (Å²) in [5, 5.41) is 3.88. The molecule has 106 valence electrons. The highest BCUT2D eigenvalue weighted by Crippen LogP contribution is 2.25. The normalized spacial score (nSPS) is 10.5. The lowest BCUT2D eigenvalue weighted by molar-refractivity contribution is 0.322. The molecule has 0 amide bonds. The van der Waals surface area contributed by atoms with E-state index in [4.69, 9.17) is 15.0 Å². The van der Waals surface area contributed by atoms with Crippen LogP contribution in [0.2, 0.25) is 0 Å². The standard InChI is InChI=1S/C17H16N2O2/c18-16-12-21-19-17(16)14-6-8-15(9-7-14)20-11-10-13-4-2-1-3-5-13/h1-9,12H,10-11,18H2. The molecular weight excluding hydrogens is 264 g/mol. The van der Waals surface area contributed by atoms with E-state index in [2.05, 4.69) is 17.3 Å². The van der Waals surface area contributed by atoms with E-state index in [1.807, 2.05) is 42.5 Å². The van der Waals surface area contributed by atoms with Crippen molar-refractivity contribution in [3.8, 4) is 17.0 Å². The molecule has 0 saturated heterocycles. The van der Waals surface area contributed by atoms with Crippen molar-refractivity contribution in [3.63, 3.8) is 0 Å². The van der Waals surface area contributed by atoms with Crippen molar-refractivity contribution >= 4 is 5.69 Å². The predicted molar refractivity (Wildman–Crippen MR) is 82.0 cm³/mol. The first-order chi connectivity index (χ1) is 10.3. The monoisotopic (exact) mass is 280 g/mol. The summed E-state index contributed by atoms with van der Waals surface area (Å²) >= 11 is 0. The number of hydrogen-bond acceptors (Lipinski definition) is 4. The molecule has 0 spiro atoms. The SMILES string of the molecule is Nc1conc1-c1ccc(OCCc2ccccc2)cc1. The van der Waals surface area contributed by atoms with Crippen LogP contribution in [0.25, 0.3) is 11.3 Å². The first-order valence-corrected chi connectivity index (χ1v) is 6.80. The van der Waals surface area contributed by atoms with Gasteiger partial charge in [0.15, 0.2) is 0 Å². The molecule has 0 aliphatic heterocycles.